The van der Waals surface area contributed by atoms with Crippen molar-refractivity contribution in [1.82, 2.24) is 4.90 Å². The Kier molecular flexibility index (Phi) is 13.9. The summed E-state index contributed by atoms with van der Waals surface area (Å²) in [6, 6.07) is 0. The van der Waals surface area contributed by atoms with Gasteiger partial charge in [-0.3, -0.25) is 4.79 Å². The standard InChI is InChI=1S/C21H43N3O7S2/c1-6-21(25)22(13-11-17-23(2,3)15-7-9-19-32(26,27)28)14-12-18-24(4,5)16-8-10-20-33(29,30)31/h6H,1,7-20H2,2-5H3. The number of unbranched alkanes of at least 4 members (excludes halogenated alkanes) is 2. The van der Waals surface area contributed by atoms with Crippen LogP contribution < -0.4 is 0 Å². The molecule has 0 heterocycles. The van der Waals surface area contributed by atoms with Crippen molar-refractivity contribution in [2.45, 2.75) is 38.5 Å². The van der Waals surface area contributed by atoms with E-state index in [1.165, 1.54) is 6.08 Å². The van der Waals surface area contributed by atoms with Crippen molar-refractivity contribution < 1.29 is 39.7 Å². The lowest BCUT2D eigenvalue weighted by Gasteiger charge is -2.32. The van der Waals surface area contributed by atoms with Crippen molar-refractivity contribution in [2.24, 2.45) is 0 Å². The SMILES string of the molecule is C=CC(=O)N(CCC[N+](C)(C)CCCCS(=O)(=O)[O-])CCC[N+](C)(C)CCCCS(=O)(=O)[O-]. The van der Waals surface area contributed by atoms with Crippen LogP contribution in [0, 0.1) is 0 Å². The van der Waals surface area contributed by atoms with Gasteiger partial charge in [-0.05, 0) is 31.8 Å². The summed E-state index contributed by atoms with van der Waals surface area (Å²) in [5.41, 5.74) is 0. The summed E-state index contributed by atoms with van der Waals surface area (Å²) < 4.78 is 65.6. The molecular formula is C21H43N3O7S2. The normalized spacial score (nSPS) is 13.2. The van der Waals surface area contributed by atoms with Crippen LogP contribution in [0.3, 0.4) is 0 Å². The Morgan fingerprint density at radius 1 is 0.727 bits per heavy atom. The van der Waals surface area contributed by atoms with E-state index in [1.807, 2.05) is 28.2 Å². The van der Waals surface area contributed by atoms with Gasteiger partial charge in [-0.1, -0.05) is 6.58 Å². The van der Waals surface area contributed by atoms with E-state index in [9.17, 15) is 30.7 Å². The van der Waals surface area contributed by atoms with E-state index < -0.39 is 20.2 Å². The molecule has 0 saturated carbocycles. The highest BCUT2D eigenvalue weighted by Crippen LogP contribution is 2.08. The summed E-state index contributed by atoms with van der Waals surface area (Å²) in [6.45, 7) is 7.91. The van der Waals surface area contributed by atoms with Gasteiger partial charge in [-0.2, -0.15) is 0 Å². The molecule has 33 heavy (non-hydrogen) atoms. The predicted octanol–water partition coefficient (Wildman–Crippen LogP) is 0.585. The third-order valence-electron chi connectivity index (χ3n) is 5.68. The number of amides is 1. The van der Waals surface area contributed by atoms with Crippen LogP contribution >= 0.6 is 0 Å². The van der Waals surface area contributed by atoms with Crippen LogP contribution in [-0.2, 0) is 25.0 Å². The Morgan fingerprint density at radius 3 is 1.36 bits per heavy atom. The Balaban J connectivity index is 4.41. The van der Waals surface area contributed by atoms with E-state index in [-0.39, 0.29) is 17.4 Å². The molecule has 0 aliphatic heterocycles. The number of quaternary nitrogens is 2. The largest absolute Gasteiger partial charge is 0.748 e. The zero-order valence-electron chi connectivity index (χ0n) is 20.7. The lowest BCUT2D eigenvalue weighted by atomic mass is 10.2. The topological polar surface area (TPSA) is 135 Å². The van der Waals surface area contributed by atoms with Gasteiger partial charge >= 0.3 is 0 Å². The molecule has 1 amide bonds. The number of carbonyl (C=O) groups excluding carboxylic acids is 1. The number of hydrogen-bond acceptors (Lipinski definition) is 7. The fraction of sp³-hybridized carbons (Fsp3) is 0.857. The summed E-state index contributed by atoms with van der Waals surface area (Å²) >= 11 is 0. The van der Waals surface area contributed by atoms with E-state index in [4.69, 9.17) is 0 Å². The van der Waals surface area contributed by atoms with Crippen LogP contribution in [0.1, 0.15) is 38.5 Å². The molecule has 0 rings (SSSR count). The number of hydrogen-bond donors (Lipinski definition) is 0. The third-order valence-corrected chi connectivity index (χ3v) is 7.26. The lowest BCUT2D eigenvalue weighted by Crippen LogP contribution is -2.44. The van der Waals surface area contributed by atoms with E-state index in [1.54, 1.807) is 4.90 Å². The van der Waals surface area contributed by atoms with E-state index in [0.29, 0.717) is 47.7 Å². The van der Waals surface area contributed by atoms with Crippen LogP contribution in [-0.4, -0.2) is 125 Å². The second-order valence-electron chi connectivity index (χ2n) is 9.94. The molecule has 196 valence electrons. The maximum absolute atomic E-state index is 12.3. The van der Waals surface area contributed by atoms with Crippen molar-refractivity contribution in [2.75, 3.05) is 79.0 Å². The molecule has 0 radical (unpaired) electrons. The van der Waals surface area contributed by atoms with Crippen LogP contribution in [0.2, 0.25) is 0 Å². The van der Waals surface area contributed by atoms with Crippen molar-refractivity contribution >= 4 is 26.1 Å². The van der Waals surface area contributed by atoms with Crippen LogP contribution in [0.25, 0.3) is 0 Å². The first-order chi connectivity index (χ1) is 15.0. The lowest BCUT2D eigenvalue weighted by molar-refractivity contribution is -0.890. The molecule has 0 aliphatic rings. The van der Waals surface area contributed by atoms with Crippen LogP contribution in [0.5, 0.6) is 0 Å². The minimum absolute atomic E-state index is 0.119. The number of nitrogens with zero attached hydrogens (tertiary/aromatic N) is 3. The molecule has 0 aromatic rings. The van der Waals surface area contributed by atoms with Gasteiger partial charge < -0.3 is 23.0 Å². The zero-order valence-corrected chi connectivity index (χ0v) is 22.3. The summed E-state index contributed by atoms with van der Waals surface area (Å²) in [6.07, 6.45) is 4.90. The Bertz CT molecular complexity index is 752. The quantitative estimate of drug-likeness (QED) is 0.107. The van der Waals surface area contributed by atoms with Crippen molar-refractivity contribution in [3.05, 3.63) is 12.7 Å². The minimum Gasteiger partial charge on any atom is -0.748 e. The van der Waals surface area contributed by atoms with Crippen molar-refractivity contribution in [3.8, 4) is 0 Å². The molecule has 10 nitrogen and oxygen atoms in total. The van der Waals surface area contributed by atoms with Gasteiger partial charge in [0.25, 0.3) is 0 Å². The third kappa shape index (κ3) is 19.0. The highest BCUT2D eigenvalue weighted by atomic mass is 32.2. The molecule has 0 atom stereocenters. The molecule has 0 aromatic carbocycles. The van der Waals surface area contributed by atoms with E-state index >= 15 is 0 Å². The average Bonchev–Trinajstić information content (AvgIpc) is 2.65. The Morgan fingerprint density at radius 2 is 1.06 bits per heavy atom. The molecule has 0 spiro atoms. The van der Waals surface area contributed by atoms with Crippen LogP contribution in [0.15, 0.2) is 12.7 Å². The van der Waals surface area contributed by atoms with Gasteiger partial charge in [0, 0.05) is 37.4 Å². The van der Waals surface area contributed by atoms with Crippen molar-refractivity contribution in [1.29, 1.82) is 0 Å². The summed E-state index contributed by atoms with van der Waals surface area (Å²) in [5.74, 6) is -0.783. The van der Waals surface area contributed by atoms with Crippen molar-refractivity contribution in [3.63, 3.8) is 0 Å². The summed E-state index contributed by atoms with van der Waals surface area (Å²) in [4.78, 5) is 14.0. The second-order valence-corrected chi connectivity index (χ2v) is 13.0. The summed E-state index contributed by atoms with van der Waals surface area (Å²) in [7, 11) is -0.146. The van der Waals surface area contributed by atoms with Gasteiger partial charge in [-0.15, -0.1) is 0 Å². The monoisotopic (exact) mass is 513 g/mol. The van der Waals surface area contributed by atoms with Gasteiger partial charge in [0.05, 0.1) is 74.6 Å². The maximum Gasteiger partial charge on any atom is 0.245 e. The molecule has 0 N–H and O–H groups in total. The molecule has 0 saturated heterocycles. The fourth-order valence-corrected chi connectivity index (χ4v) is 4.82. The highest BCUT2D eigenvalue weighted by Gasteiger charge is 2.19. The molecule has 0 unspecified atom stereocenters. The first-order valence-corrected chi connectivity index (χ1v) is 14.5. The van der Waals surface area contributed by atoms with Gasteiger partial charge in [0.1, 0.15) is 0 Å². The maximum atomic E-state index is 12.3. The molecule has 0 bridgehead atoms. The van der Waals surface area contributed by atoms with Gasteiger partial charge in [-0.25, -0.2) is 16.8 Å². The zero-order chi connectivity index (χ0) is 25.8. The first kappa shape index (κ1) is 31.9. The molecule has 0 fully saturated rings. The van der Waals surface area contributed by atoms with Crippen LogP contribution in [0.4, 0.5) is 0 Å². The number of carbonyl (C=O) groups is 1. The van der Waals surface area contributed by atoms with Gasteiger partial charge in [0.15, 0.2) is 0 Å². The predicted molar refractivity (Wildman–Crippen MR) is 127 cm³/mol. The Hall–Kier alpha value is -1.05. The molecule has 12 heteroatoms. The Labute approximate surface area is 200 Å². The highest BCUT2D eigenvalue weighted by molar-refractivity contribution is 7.85. The van der Waals surface area contributed by atoms with Gasteiger partial charge in [0.2, 0.25) is 5.91 Å². The molecule has 0 aliphatic carbocycles. The fourth-order valence-electron chi connectivity index (χ4n) is 3.70. The molecule has 0 aromatic heterocycles. The summed E-state index contributed by atoms with van der Waals surface area (Å²) in [5, 5.41) is 0. The minimum atomic E-state index is -4.16. The van der Waals surface area contributed by atoms with E-state index in [2.05, 4.69) is 6.58 Å². The average molecular weight is 514 g/mol. The number of rotatable bonds is 19. The second kappa shape index (κ2) is 14.4. The first-order valence-electron chi connectivity index (χ1n) is 11.4. The molecular weight excluding hydrogens is 470 g/mol. The van der Waals surface area contributed by atoms with E-state index in [0.717, 1.165) is 39.0 Å². The smallest absolute Gasteiger partial charge is 0.245 e.